The molecule has 0 heterocycles. The Hall–Kier alpha value is 0.0801. The maximum absolute atomic E-state index is 4.69. The van der Waals surface area contributed by atoms with E-state index in [1.807, 2.05) is 13.6 Å². The molecule has 104 valence electrons. The third-order valence-electron chi connectivity index (χ3n) is 3.72. The molecule has 0 aromatic heterocycles. The van der Waals surface area contributed by atoms with Crippen molar-refractivity contribution in [3.8, 4) is 0 Å². The standard InChI is InChI=1S/2C7H9.C2H5ClO.Hf/c2*1-6-4-3-5-7(6)2;1-2-4-3;/h2*4H,3H2,1-2H3;2H2,1H3;. The summed E-state index contributed by atoms with van der Waals surface area (Å²) in [5.74, 6) is 0. The monoisotopic (exact) mass is 446 g/mol. The van der Waals surface area contributed by atoms with E-state index in [-0.39, 0.29) is 0 Å². The number of rotatable bonds is 3. The average Bonchev–Trinajstić information content (AvgIpc) is 2.89. The second kappa shape index (κ2) is 8.39. The fourth-order valence-electron chi connectivity index (χ4n) is 2.07. The van der Waals surface area contributed by atoms with E-state index in [1.54, 1.807) is 11.1 Å². The van der Waals surface area contributed by atoms with E-state index in [1.165, 1.54) is 24.0 Å². The predicted molar refractivity (Wildman–Crippen MR) is 79.6 cm³/mol. The van der Waals surface area contributed by atoms with Crippen LogP contribution in [0, 0.1) is 0 Å². The SMILES string of the molecule is CC1=CC[C]([Hf][C]2=C(C)C(C)=CC2)=C1C.CCOCl. The van der Waals surface area contributed by atoms with Crippen LogP contribution in [0.5, 0.6) is 0 Å². The van der Waals surface area contributed by atoms with Crippen molar-refractivity contribution in [2.24, 2.45) is 0 Å². The van der Waals surface area contributed by atoms with Crippen LogP contribution in [0.4, 0.5) is 0 Å². The van der Waals surface area contributed by atoms with Gasteiger partial charge in [0.2, 0.25) is 0 Å². The van der Waals surface area contributed by atoms with Gasteiger partial charge in [-0.15, -0.1) is 0 Å². The van der Waals surface area contributed by atoms with Crippen molar-refractivity contribution in [3.05, 3.63) is 41.1 Å². The molecule has 0 fully saturated rings. The third kappa shape index (κ3) is 4.84. The first-order valence-corrected chi connectivity index (χ1v) is 10.7. The molecule has 0 saturated heterocycles. The van der Waals surface area contributed by atoms with Gasteiger partial charge in [-0.2, -0.15) is 0 Å². The molecule has 0 atom stereocenters. The zero-order valence-electron chi connectivity index (χ0n) is 12.6. The van der Waals surface area contributed by atoms with Gasteiger partial charge in [-0.25, -0.2) is 0 Å². The summed E-state index contributed by atoms with van der Waals surface area (Å²) in [6.45, 7) is 11.5. The Balaban J connectivity index is 0.000000399. The van der Waals surface area contributed by atoms with Gasteiger partial charge in [0.05, 0.1) is 18.5 Å². The molecule has 0 amide bonds. The molecule has 0 saturated carbocycles. The number of hydrogen-bond donors (Lipinski definition) is 0. The Morgan fingerprint density at radius 1 is 1.00 bits per heavy atom. The van der Waals surface area contributed by atoms with Gasteiger partial charge in [-0.3, -0.25) is 4.29 Å². The molecule has 2 aliphatic rings. The van der Waals surface area contributed by atoms with Crippen LogP contribution in [-0.2, 0) is 27.2 Å². The molecule has 2 rings (SSSR count). The minimum Gasteiger partial charge on any atom is -0.280 e. The number of hydrogen-bond acceptors (Lipinski definition) is 1. The summed E-state index contributed by atoms with van der Waals surface area (Å²) >= 11 is 4.01. The maximum atomic E-state index is 4.69. The smallest absolute Gasteiger partial charge is 0.0654 e. The third-order valence-corrected chi connectivity index (χ3v) is 10.3. The Bertz CT molecular complexity index is 413. The molecule has 1 nitrogen and oxygen atoms in total. The van der Waals surface area contributed by atoms with Crippen molar-refractivity contribution < 1.29 is 27.2 Å². The second-order valence-electron chi connectivity index (χ2n) is 4.91. The summed E-state index contributed by atoms with van der Waals surface area (Å²) < 4.78 is 7.66. The van der Waals surface area contributed by atoms with Crippen molar-refractivity contribution in [1.29, 1.82) is 0 Å². The number of halogens is 1. The number of allylic oxidation sites excluding steroid dienone is 8. The van der Waals surface area contributed by atoms with Gasteiger partial charge in [0.15, 0.2) is 0 Å². The van der Waals surface area contributed by atoms with Crippen LogP contribution in [0.15, 0.2) is 41.1 Å². The summed E-state index contributed by atoms with van der Waals surface area (Å²) in [4.78, 5) is 0. The minimum atomic E-state index is -0.672. The normalized spacial score (nSPS) is 18.2. The van der Waals surface area contributed by atoms with Crippen molar-refractivity contribution in [3.63, 3.8) is 0 Å². The van der Waals surface area contributed by atoms with E-state index < -0.39 is 22.9 Å². The molecule has 0 spiro atoms. The second-order valence-corrected chi connectivity index (χ2v) is 10.4. The van der Waals surface area contributed by atoms with E-state index in [0.717, 1.165) is 0 Å². The Morgan fingerprint density at radius 2 is 1.37 bits per heavy atom. The molecular formula is C16H23ClHfO. The molecule has 19 heavy (non-hydrogen) atoms. The van der Waals surface area contributed by atoms with E-state index in [0.29, 0.717) is 6.61 Å². The van der Waals surface area contributed by atoms with E-state index >= 15 is 0 Å². The zero-order chi connectivity index (χ0) is 14.4. The zero-order valence-corrected chi connectivity index (χ0v) is 16.9. The molecule has 0 radical (unpaired) electrons. The quantitative estimate of drug-likeness (QED) is 0.522. The molecule has 0 aliphatic heterocycles. The predicted octanol–water partition coefficient (Wildman–Crippen LogP) is 5.49. The first kappa shape index (κ1) is 17.1. The summed E-state index contributed by atoms with van der Waals surface area (Å²) in [6.07, 6.45) is 7.33. The van der Waals surface area contributed by atoms with Crippen molar-refractivity contribution in [2.45, 2.75) is 47.5 Å². The fraction of sp³-hybridized carbons (Fsp3) is 0.500. The van der Waals surface area contributed by atoms with Crippen LogP contribution in [0.25, 0.3) is 0 Å². The van der Waals surface area contributed by atoms with E-state index in [4.69, 9.17) is 0 Å². The van der Waals surface area contributed by atoms with Crippen LogP contribution >= 0.6 is 11.9 Å². The summed E-state index contributed by atoms with van der Waals surface area (Å²) in [7, 11) is 0. The van der Waals surface area contributed by atoms with Gasteiger partial charge >= 0.3 is 105 Å². The van der Waals surface area contributed by atoms with Gasteiger partial charge in [0.1, 0.15) is 0 Å². The van der Waals surface area contributed by atoms with Gasteiger partial charge in [0.25, 0.3) is 0 Å². The van der Waals surface area contributed by atoms with Gasteiger partial charge in [0, 0.05) is 0 Å². The van der Waals surface area contributed by atoms with Crippen LogP contribution in [0.1, 0.15) is 47.5 Å². The van der Waals surface area contributed by atoms with Crippen LogP contribution in [0.3, 0.4) is 0 Å². The van der Waals surface area contributed by atoms with Gasteiger partial charge in [-0.05, 0) is 6.92 Å². The summed E-state index contributed by atoms with van der Waals surface area (Å²) in [5, 5.41) is 0. The average molecular weight is 445 g/mol. The van der Waals surface area contributed by atoms with Gasteiger partial charge < -0.3 is 0 Å². The van der Waals surface area contributed by atoms with Crippen LogP contribution < -0.4 is 0 Å². The maximum Gasteiger partial charge on any atom is 0.0654 e. The first-order chi connectivity index (χ1) is 9.01. The Morgan fingerprint density at radius 3 is 1.58 bits per heavy atom. The molecule has 2 aliphatic carbocycles. The van der Waals surface area contributed by atoms with E-state index in [9.17, 15) is 0 Å². The Kier molecular flexibility index (Phi) is 7.56. The molecule has 0 bridgehead atoms. The Labute approximate surface area is 134 Å². The molecule has 0 aromatic rings. The van der Waals surface area contributed by atoms with Crippen molar-refractivity contribution in [1.82, 2.24) is 0 Å². The molecule has 0 N–H and O–H groups in total. The van der Waals surface area contributed by atoms with E-state index in [2.05, 4.69) is 56.0 Å². The molecule has 0 unspecified atom stereocenters. The summed E-state index contributed by atoms with van der Waals surface area (Å²) in [5.41, 5.74) is 6.28. The first-order valence-electron chi connectivity index (χ1n) is 6.75. The molecular weight excluding hydrogens is 422 g/mol. The summed E-state index contributed by atoms with van der Waals surface area (Å²) in [6, 6.07) is 0. The van der Waals surface area contributed by atoms with Crippen LogP contribution in [0.2, 0.25) is 0 Å². The van der Waals surface area contributed by atoms with Crippen LogP contribution in [-0.4, -0.2) is 6.61 Å². The topological polar surface area (TPSA) is 9.23 Å². The molecule has 0 aromatic carbocycles. The van der Waals surface area contributed by atoms with Crippen molar-refractivity contribution >= 4 is 11.9 Å². The largest absolute Gasteiger partial charge is 0.280 e. The molecule has 3 heteroatoms. The van der Waals surface area contributed by atoms with Gasteiger partial charge in [-0.1, -0.05) is 0 Å². The fourth-order valence-corrected chi connectivity index (χ4v) is 7.61. The minimum absolute atomic E-state index is 0.585. The van der Waals surface area contributed by atoms with Crippen molar-refractivity contribution in [2.75, 3.05) is 6.61 Å².